The van der Waals surface area contributed by atoms with Crippen molar-refractivity contribution in [1.29, 1.82) is 0 Å². The summed E-state index contributed by atoms with van der Waals surface area (Å²) in [4.78, 5) is 31.6. The highest BCUT2D eigenvalue weighted by atomic mass is 32.1. The van der Waals surface area contributed by atoms with Crippen LogP contribution in [0.5, 0.6) is 5.75 Å². The number of nitrogens with one attached hydrogen (secondary N) is 1. The van der Waals surface area contributed by atoms with Gasteiger partial charge in [-0.15, -0.1) is 17.9 Å². The summed E-state index contributed by atoms with van der Waals surface area (Å²) in [5.41, 5.74) is 2.96. The standard InChI is InChI=1S/C27H29N3O4S/c1-3-4-16-34-27(32)30-14-12-20(13-15-30)26-29-24(18-35-26)25(31)28-23-17-21(33-2)10-11-22(23)19-8-6-5-7-9-19/h3,5-11,17-18,20H,1,4,12-16H2,2H3,(H,28,31). The molecular weight excluding hydrogens is 462 g/mol. The number of methoxy groups -OCH3 is 1. The van der Waals surface area contributed by atoms with Crippen LogP contribution in [0, 0.1) is 0 Å². The van der Waals surface area contributed by atoms with Gasteiger partial charge in [-0.05, 0) is 37.0 Å². The minimum absolute atomic E-state index is 0.218. The number of hydrogen-bond donors (Lipinski definition) is 1. The van der Waals surface area contributed by atoms with E-state index in [1.54, 1.807) is 23.5 Å². The highest BCUT2D eigenvalue weighted by Gasteiger charge is 2.27. The monoisotopic (exact) mass is 491 g/mol. The Morgan fingerprint density at radius 1 is 1.20 bits per heavy atom. The lowest BCUT2D eigenvalue weighted by molar-refractivity contribution is 0.0941. The molecule has 4 rings (SSSR count). The summed E-state index contributed by atoms with van der Waals surface area (Å²) in [6.07, 6.45) is 3.68. The minimum atomic E-state index is -0.281. The predicted molar refractivity (Wildman–Crippen MR) is 138 cm³/mol. The summed E-state index contributed by atoms with van der Waals surface area (Å²) in [7, 11) is 1.60. The molecule has 0 unspecified atom stereocenters. The van der Waals surface area contributed by atoms with Crippen molar-refractivity contribution < 1.29 is 19.1 Å². The van der Waals surface area contributed by atoms with Crippen LogP contribution < -0.4 is 10.1 Å². The summed E-state index contributed by atoms with van der Waals surface area (Å²) in [5.74, 6) is 0.616. The third kappa shape index (κ3) is 6.08. The van der Waals surface area contributed by atoms with Crippen molar-refractivity contribution in [3.63, 3.8) is 0 Å². The average molecular weight is 492 g/mol. The normalized spacial score (nSPS) is 13.8. The molecule has 0 saturated carbocycles. The van der Waals surface area contributed by atoms with Crippen molar-refractivity contribution in [3.05, 3.63) is 77.3 Å². The largest absolute Gasteiger partial charge is 0.497 e. The number of thiazole rings is 1. The van der Waals surface area contributed by atoms with Gasteiger partial charge in [0.25, 0.3) is 5.91 Å². The molecule has 0 radical (unpaired) electrons. The lowest BCUT2D eigenvalue weighted by atomic mass is 9.98. The average Bonchev–Trinajstić information content (AvgIpc) is 3.40. The van der Waals surface area contributed by atoms with E-state index in [0.29, 0.717) is 43.2 Å². The third-order valence-electron chi connectivity index (χ3n) is 5.96. The molecule has 1 aromatic heterocycles. The van der Waals surface area contributed by atoms with Crippen molar-refractivity contribution in [2.45, 2.75) is 25.2 Å². The zero-order valence-electron chi connectivity index (χ0n) is 19.7. The SMILES string of the molecule is C=CCCOC(=O)N1CCC(c2nc(C(=O)Nc3cc(OC)ccc3-c3ccccc3)cs2)CC1. The first-order chi connectivity index (χ1) is 17.1. The number of amides is 2. The molecule has 2 aromatic carbocycles. The number of carbonyl (C=O) groups excluding carboxylic acids is 2. The molecule has 35 heavy (non-hydrogen) atoms. The molecule has 0 atom stereocenters. The molecule has 1 fully saturated rings. The van der Waals surface area contributed by atoms with Gasteiger partial charge in [-0.2, -0.15) is 0 Å². The van der Waals surface area contributed by atoms with E-state index in [2.05, 4.69) is 16.9 Å². The first kappa shape index (κ1) is 24.5. The topological polar surface area (TPSA) is 80.8 Å². The Balaban J connectivity index is 1.41. The lowest BCUT2D eigenvalue weighted by Crippen LogP contribution is -2.38. The second-order valence-corrected chi connectivity index (χ2v) is 9.15. The number of carbonyl (C=O) groups is 2. The van der Waals surface area contributed by atoms with Gasteiger partial charge >= 0.3 is 6.09 Å². The fourth-order valence-corrected chi connectivity index (χ4v) is 4.99. The molecule has 182 valence electrons. The summed E-state index contributed by atoms with van der Waals surface area (Å²) < 4.78 is 10.6. The number of likely N-dealkylation sites (tertiary alicyclic amines) is 1. The number of nitrogens with zero attached hydrogens (tertiary/aromatic N) is 2. The number of benzene rings is 2. The minimum Gasteiger partial charge on any atom is -0.497 e. The number of rotatable bonds is 8. The molecule has 1 aliphatic rings. The van der Waals surface area contributed by atoms with Crippen LogP contribution in [0.15, 0.2) is 66.6 Å². The van der Waals surface area contributed by atoms with E-state index in [1.807, 2.05) is 48.5 Å². The number of piperidine rings is 1. The van der Waals surface area contributed by atoms with Crippen LogP contribution in [0.3, 0.4) is 0 Å². The zero-order chi connectivity index (χ0) is 24.6. The number of aromatic nitrogens is 1. The molecule has 8 heteroatoms. The summed E-state index contributed by atoms with van der Waals surface area (Å²) in [6, 6.07) is 15.5. The van der Waals surface area contributed by atoms with Gasteiger partial charge in [-0.1, -0.05) is 36.4 Å². The van der Waals surface area contributed by atoms with Gasteiger partial charge in [0, 0.05) is 36.0 Å². The van der Waals surface area contributed by atoms with E-state index < -0.39 is 0 Å². The van der Waals surface area contributed by atoms with Crippen LogP contribution >= 0.6 is 11.3 Å². The second kappa shape index (κ2) is 11.7. The van der Waals surface area contributed by atoms with Gasteiger partial charge in [-0.25, -0.2) is 9.78 Å². The molecule has 3 aromatic rings. The van der Waals surface area contributed by atoms with Gasteiger partial charge in [0.2, 0.25) is 0 Å². The Bertz CT molecular complexity index is 1170. The fourth-order valence-electron chi connectivity index (χ4n) is 4.02. The number of hydrogen-bond acceptors (Lipinski definition) is 6. The van der Waals surface area contributed by atoms with E-state index in [1.165, 1.54) is 11.3 Å². The molecule has 1 aliphatic heterocycles. The molecule has 2 heterocycles. The predicted octanol–water partition coefficient (Wildman–Crippen LogP) is 5.96. The van der Waals surface area contributed by atoms with Crippen LogP contribution in [0.25, 0.3) is 11.1 Å². The van der Waals surface area contributed by atoms with Crippen molar-refractivity contribution in [2.75, 3.05) is 32.1 Å². The van der Waals surface area contributed by atoms with E-state index in [9.17, 15) is 9.59 Å². The maximum absolute atomic E-state index is 13.1. The summed E-state index contributed by atoms with van der Waals surface area (Å²) in [6.45, 7) is 5.21. The zero-order valence-corrected chi connectivity index (χ0v) is 20.6. The molecule has 2 amide bonds. The Hall–Kier alpha value is -3.65. The van der Waals surface area contributed by atoms with Crippen LogP contribution in [-0.4, -0.2) is 48.7 Å². The van der Waals surface area contributed by atoms with E-state index in [-0.39, 0.29) is 17.9 Å². The molecule has 0 spiro atoms. The van der Waals surface area contributed by atoms with E-state index in [0.717, 1.165) is 29.0 Å². The number of ether oxygens (including phenoxy) is 2. The Morgan fingerprint density at radius 2 is 1.97 bits per heavy atom. The smallest absolute Gasteiger partial charge is 0.409 e. The maximum atomic E-state index is 13.1. The Morgan fingerprint density at radius 3 is 2.69 bits per heavy atom. The van der Waals surface area contributed by atoms with Gasteiger partial charge in [-0.3, -0.25) is 4.79 Å². The molecule has 0 bridgehead atoms. The van der Waals surface area contributed by atoms with Crippen molar-refractivity contribution in [1.82, 2.24) is 9.88 Å². The van der Waals surface area contributed by atoms with Crippen LogP contribution in [0.4, 0.5) is 10.5 Å². The van der Waals surface area contributed by atoms with Crippen molar-refractivity contribution in [2.24, 2.45) is 0 Å². The van der Waals surface area contributed by atoms with Gasteiger partial charge < -0.3 is 19.7 Å². The summed E-state index contributed by atoms with van der Waals surface area (Å²) in [5, 5.41) is 5.73. The van der Waals surface area contributed by atoms with Crippen molar-refractivity contribution in [3.8, 4) is 16.9 Å². The molecule has 7 nitrogen and oxygen atoms in total. The first-order valence-electron chi connectivity index (χ1n) is 11.6. The van der Waals surface area contributed by atoms with Crippen LogP contribution in [0.1, 0.15) is 40.7 Å². The van der Waals surface area contributed by atoms with Crippen molar-refractivity contribution >= 4 is 29.0 Å². The summed E-state index contributed by atoms with van der Waals surface area (Å²) >= 11 is 1.49. The van der Waals surface area contributed by atoms with Gasteiger partial charge in [0.15, 0.2) is 0 Å². The highest BCUT2D eigenvalue weighted by molar-refractivity contribution is 7.10. The quantitative estimate of drug-likeness (QED) is 0.310. The molecular formula is C27H29N3O4S. The van der Waals surface area contributed by atoms with E-state index >= 15 is 0 Å². The first-order valence-corrected chi connectivity index (χ1v) is 12.5. The van der Waals surface area contributed by atoms with E-state index in [4.69, 9.17) is 9.47 Å². The number of anilines is 1. The second-order valence-electron chi connectivity index (χ2n) is 8.26. The highest BCUT2D eigenvalue weighted by Crippen LogP contribution is 2.33. The lowest BCUT2D eigenvalue weighted by Gasteiger charge is -2.30. The fraction of sp³-hybridized carbons (Fsp3) is 0.296. The Labute approximate surface area is 209 Å². The third-order valence-corrected chi connectivity index (χ3v) is 6.97. The van der Waals surface area contributed by atoms with Gasteiger partial charge in [0.1, 0.15) is 11.4 Å². The molecule has 1 saturated heterocycles. The Kier molecular flexibility index (Phi) is 8.15. The molecule has 0 aliphatic carbocycles. The maximum Gasteiger partial charge on any atom is 0.409 e. The van der Waals surface area contributed by atoms with Crippen LogP contribution in [0.2, 0.25) is 0 Å². The van der Waals surface area contributed by atoms with Crippen LogP contribution in [-0.2, 0) is 4.74 Å². The molecule has 1 N–H and O–H groups in total. The van der Waals surface area contributed by atoms with Gasteiger partial charge in [0.05, 0.1) is 24.4 Å².